The van der Waals surface area contributed by atoms with Crippen molar-refractivity contribution in [3.05, 3.63) is 29.8 Å². The Morgan fingerprint density at radius 3 is 2.91 bits per heavy atom. The van der Waals surface area contributed by atoms with E-state index in [1.165, 1.54) is 0 Å². The van der Waals surface area contributed by atoms with Crippen LogP contribution in [0.5, 0.6) is 0 Å². The molecule has 1 aromatic rings. The lowest BCUT2D eigenvalue weighted by atomic mass is 10.1. The fourth-order valence-electron chi connectivity index (χ4n) is 2.91. The van der Waals surface area contributed by atoms with Crippen LogP contribution in [0, 0.1) is 0 Å². The van der Waals surface area contributed by atoms with E-state index in [0.717, 1.165) is 13.1 Å². The van der Waals surface area contributed by atoms with Crippen molar-refractivity contribution < 1.29 is 14.3 Å². The van der Waals surface area contributed by atoms with Gasteiger partial charge in [0.1, 0.15) is 0 Å². The van der Waals surface area contributed by atoms with Crippen molar-refractivity contribution in [2.75, 3.05) is 37.7 Å². The summed E-state index contributed by atoms with van der Waals surface area (Å²) in [6.07, 6.45) is 0. The van der Waals surface area contributed by atoms with Gasteiger partial charge >= 0.3 is 12.0 Å². The number of amides is 2. The molecule has 2 aliphatic heterocycles. The van der Waals surface area contributed by atoms with Crippen LogP contribution in [-0.2, 0) is 4.74 Å². The van der Waals surface area contributed by atoms with Crippen LogP contribution in [0.4, 0.5) is 10.5 Å². The highest BCUT2D eigenvalue weighted by Crippen LogP contribution is 2.28. The standard InChI is InChI=1S/C15H19N3O3.BrH/c1-2-21-14(19)12-5-3-4-6-13(12)18-10-11-9-16-7-8-17(11)15(18)20;/h3-6,11,16H,2,7-10H2,1H3;1H. The molecular formula is C15H20BrN3O3. The molecule has 0 spiro atoms. The number of fused-ring (bicyclic) bond motifs is 1. The first-order valence-corrected chi connectivity index (χ1v) is 7.27. The predicted molar refractivity (Wildman–Crippen MR) is 88.8 cm³/mol. The second-order valence-electron chi connectivity index (χ2n) is 5.18. The van der Waals surface area contributed by atoms with Crippen LogP contribution in [-0.4, -0.2) is 55.7 Å². The molecule has 2 saturated heterocycles. The number of rotatable bonds is 3. The third-order valence-electron chi connectivity index (χ3n) is 3.91. The summed E-state index contributed by atoms with van der Waals surface area (Å²) in [6, 6.07) is 7.26. The van der Waals surface area contributed by atoms with Crippen molar-refractivity contribution in [2.24, 2.45) is 0 Å². The Labute approximate surface area is 140 Å². The molecule has 2 amide bonds. The summed E-state index contributed by atoms with van der Waals surface area (Å²) in [5.74, 6) is -0.385. The molecule has 120 valence electrons. The molecule has 0 bridgehead atoms. The van der Waals surface area contributed by atoms with Crippen LogP contribution < -0.4 is 10.2 Å². The molecule has 3 rings (SSSR count). The van der Waals surface area contributed by atoms with E-state index < -0.39 is 0 Å². The van der Waals surface area contributed by atoms with E-state index >= 15 is 0 Å². The zero-order chi connectivity index (χ0) is 14.8. The smallest absolute Gasteiger partial charge is 0.340 e. The summed E-state index contributed by atoms with van der Waals surface area (Å²) >= 11 is 0. The Morgan fingerprint density at radius 2 is 2.18 bits per heavy atom. The zero-order valence-corrected chi connectivity index (χ0v) is 14.2. The number of ether oxygens (including phenoxy) is 1. The molecule has 1 atom stereocenters. The van der Waals surface area contributed by atoms with Crippen molar-refractivity contribution in [1.29, 1.82) is 0 Å². The molecule has 6 nitrogen and oxygen atoms in total. The fraction of sp³-hybridized carbons (Fsp3) is 0.467. The number of urea groups is 1. The number of anilines is 1. The fourth-order valence-corrected chi connectivity index (χ4v) is 2.91. The van der Waals surface area contributed by atoms with Crippen LogP contribution in [0.25, 0.3) is 0 Å². The van der Waals surface area contributed by atoms with E-state index in [1.54, 1.807) is 30.0 Å². The maximum absolute atomic E-state index is 12.5. The molecule has 2 heterocycles. The summed E-state index contributed by atoms with van der Waals surface area (Å²) in [4.78, 5) is 28.2. The van der Waals surface area contributed by atoms with Crippen molar-refractivity contribution in [3.63, 3.8) is 0 Å². The molecule has 1 unspecified atom stereocenters. The Morgan fingerprint density at radius 1 is 1.41 bits per heavy atom. The van der Waals surface area contributed by atoms with E-state index in [0.29, 0.717) is 30.9 Å². The van der Waals surface area contributed by atoms with Crippen LogP contribution >= 0.6 is 17.0 Å². The maximum Gasteiger partial charge on any atom is 0.340 e. The van der Waals surface area contributed by atoms with Gasteiger partial charge in [-0.2, -0.15) is 0 Å². The number of hydrogen-bond donors (Lipinski definition) is 1. The lowest BCUT2D eigenvalue weighted by molar-refractivity contribution is 0.0527. The van der Waals surface area contributed by atoms with Gasteiger partial charge in [-0.25, -0.2) is 9.59 Å². The molecule has 7 heteroatoms. The average molecular weight is 370 g/mol. The first kappa shape index (κ1) is 16.8. The number of esters is 1. The van der Waals surface area contributed by atoms with E-state index in [4.69, 9.17) is 4.74 Å². The van der Waals surface area contributed by atoms with Gasteiger partial charge in [-0.05, 0) is 19.1 Å². The van der Waals surface area contributed by atoms with Crippen LogP contribution in [0.15, 0.2) is 24.3 Å². The highest BCUT2D eigenvalue weighted by atomic mass is 79.9. The van der Waals surface area contributed by atoms with Gasteiger partial charge in [0.25, 0.3) is 0 Å². The zero-order valence-electron chi connectivity index (χ0n) is 12.4. The number of carbonyl (C=O) groups excluding carboxylic acids is 2. The minimum Gasteiger partial charge on any atom is -0.462 e. The number of carbonyl (C=O) groups is 2. The first-order valence-electron chi connectivity index (χ1n) is 7.27. The molecular weight excluding hydrogens is 350 g/mol. The van der Waals surface area contributed by atoms with Gasteiger partial charge in [-0.3, -0.25) is 4.90 Å². The quantitative estimate of drug-likeness (QED) is 0.823. The van der Waals surface area contributed by atoms with E-state index in [1.807, 2.05) is 11.0 Å². The number of para-hydroxylation sites is 1. The van der Waals surface area contributed by atoms with E-state index in [-0.39, 0.29) is 35.0 Å². The average Bonchev–Trinajstić information content (AvgIpc) is 2.85. The Balaban J connectivity index is 0.00000176. The number of nitrogens with one attached hydrogen (secondary N) is 1. The van der Waals surface area contributed by atoms with Crippen molar-refractivity contribution in [1.82, 2.24) is 10.2 Å². The first-order chi connectivity index (χ1) is 10.2. The van der Waals surface area contributed by atoms with Gasteiger partial charge in [0.05, 0.1) is 23.9 Å². The molecule has 0 saturated carbocycles. The molecule has 2 aliphatic rings. The number of benzene rings is 1. The molecule has 0 aliphatic carbocycles. The maximum atomic E-state index is 12.5. The Kier molecular flexibility index (Phi) is 5.42. The largest absolute Gasteiger partial charge is 0.462 e. The summed E-state index contributed by atoms with van der Waals surface area (Å²) in [5.41, 5.74) is 1.08. The molecule has 1 N–H and O–H groups in total. The van der Waals surface area contributed by atoms with Gasteiger partial charge in [-0.1, -0.05) is 12.1 Å². The number of piperazine rings is 1. The highest BCUT2D eigenvalue weighted by molar-refractivity contribution is 8.93. The SMILES string of the molecule is Br.CCOC(=O)c1ccccc1N1CC2CNCCN2C1=O. The van der Waals surface area contributed by atoms with Crippen molar-refractivity contribution in [2.45, 2.75) is 13.0 Å². The second-order valence-corrected chi connectivity index (χ2v) is 5.18. The topological polar surface area (TPSA) is 61.9 Å². The van der Waals surface area contributed by atoms with Gasteiger partial charge in [0, 0.05) is 26.2 Å². The molecule has 1 aromatic carbocycles. The normalized spacial score (nSPS) is 20.4. The summed E-state index contributed by atoms with van der Waals surface area (Å²) in [5, 5.41) is 3.29. The van der Waals surface area contributed by atoms with Crippen LogP contribution in [0.3, 0.4) is 0 Å². The number of nitrogens with zero attached hydrogens (tertiary/aromatic N) is 2. The molecule has 2 fully saturated rings. The minimum absolute atomic E-state index is 0. The van der Waals surface area contributed by atoms with E-state index in [2.05, 4.69) is 5.32 Å². The van der Waals surface area contributed by atoms with Gasteiger partial charge < -0.3 is 15.0 Å². The lowest BCUT2D eigenvalue weighted by Gasteiger charge is -2.28. The number of hydrogen-bond acceptors (Lipinski definition) is 4. The monoisotopic (exact) mass is 369 g/mol. The van der Waals surface area contributed by atoms with Crippen LogP contribution in [0.1, 0.15) is 17.3 Å². The van der Waals surface area contributed by atoms with Gasteiger partial charge in [-0.15, -0.1) is 17.0 Å². The van der Waals surface area contributed by atoms with E-state index in [9.17, 15) is 9.59 Å². The predicted octanol–water partition coefficient (Wildman–Crippen LogP) is 1.65. The van der Waals surface area contributed by atoms with Gasteiger partial charge in [0.2, 0.25) is 0 Å². The minimum atomic E-state index is -0.385. The number of halogens is 1. The van der Waals surface area contributed by atoms with Crippen molar-refractivity contribution in [3.8, 4) is 0 Å². The van der Waals surface area contributed by atoms with Gasteiger partial charge in [0.15, 0.2) is 0 Å². The molecule has 0 radical (unpaired) electrons. The molecule has 0 aromatic heterocycles. The third kappa shape index (κ3) is 2.96. The summed E-state index contributed by atoms with van der Waals surface area (Å²) in [7, 11) is 0. The summed E-state index contributed by atoms with van der Waals surface area (Å²) < 4.78 is 5.08. The molecule has 22 heavy (non-hydrogen) atoms. The highest BCUT2D eigenvalue weighted by Gasteiger charge is 2.40. The van der Waals surface area contributed by atoms with Crippen molar-refractivity contribution >= 4 is 34.7 Å². The second kappa shape index (κ2) is 7.11. The Bertz CT molecular complexity index is 567. The van der Waals surface area contributed by atoms with Crippen LogP contribution in [0.2, 0.25) is 0 Å². The lowest BCUT2D eigenvalue weighted by Crippen LogP contribution is -2.49. The Hall–Kier alpha value is -1.60. The summed E-state index contributed by atoms with van der Waals surface area (Å²) in [6.45, 7) is 5.01. The third-order valence-corrected chi connectivity index (χ3v) is 3.91.